The Morgan fingerprint density at radius 2 is 1.08 bits per heavy atom. The van der Waals surface area contributed by atoms with Gasteiger partial charge in [-0.3, -0.25) is 9.13 Å². The molecular weight excluding hydrogens is 390 g/mol. The van der Waals surface area contributed by atoms with Crippen LogP contribution >= 0.6 is 15.2 Å². The van der Waals surface area contributed by atoms with Gasteiger partial charge in [-0.15, -0.1) is 0 Å². The second kappa shape index (κ2) is 11.9. The summed E-state index contributed by atoms with van der Waals surface area (Å²) in [4.78, 5) is 35.9. The molecule has 0 aromatic carbocycles. The second-order valence-electron chi connectivity index (χ2n) is 6.46. The molecule has 4 N–H and O–H groups in total. The van der Waals surface area contributed by atoms with Crippen LogP contribution in [0.2, 0.25) is 0 Å². The van der Waals surface area contributed by atoms with E-state index >= 15 is 0 Å². The number of hydrogen-bond acceptors (Lipinski definition) is 4. The van der Waals surface area contributed by atoms with E-state index in [1.54, 1.807) is 0 Å². The molecule has 0 saturated carbocycles. The minimum Gasteiger partial charge on any atom is -0.324 e. The SMILES string of the molecule is CCCCCCCCCCCCS(=O)(=O)CC(P(=O)(O)O)P(=O)(O)O. The molecule has 11 heteroatoms. The van der Waals surface area contributed by atoms with E-state index in [2.05, 4.69) is 6.92 Å². The summed E-state index contributed by atoms with van der Waals surface area (Å²) >= 11 is 0. The van der Waals surface area contributed by atoms with Crippen LogP contribution in [0.25, 0.3) is 0 Å². The van der Waals surface area contributed by atoms with E-state index in [-0.39, 0.29) is 5.75 Å². The van der Waals surface area contributed by atoms with Crippen LogP contribution in [0.1, 0.15) is 71.1 Å². The van der Waals surface area contributed by atoms with Crippen LogP contribution in [0.4, 0.5) is 0 Å². The summed E-state index contributed by atoms with van der Waals surface area (Å²) in [6.45, 7) is 2.16. The first kappa shape index (κ1) is 25.2. The Morgan fingerprint density at radius 1 is 0.720 bits per heavy atom. The Kier molecular flexibility index (Phi) is 12.0. The Morgan fingerprint density at radius 3 is 1.44 bits per heavy atom. The fourth-order valence-corrected chi connectivity index (χ4v) is 8.26. The monoisotopic (exact) mass is 422 g/mol. The van der Waals surface area contributed by atoms with Crippen molar-refractivity contribution in [2.24, 2.45) is 0 Å². The third-order valence-electron chi connectivity index (χ3n) is 3.99. The topological polar surface area (TPSA) is 149 Å². The van der Waals surface area contributed by atoms with Gasteiger partial charge in [0.25, 0.3) is 0 Å². The number of rotatable bonds is 15. The predicted octanol–water partition coefficient (Wildman–Crippen LogP) is 3.00. The zero-order valence-electron chi connectivity index (χ0n) is 14.8. The lowest BCUT2D eigenvalue weighted by Crippen LogP contribution is -2.23. The smallest absolute Gasteiger partial charge is 0.324 e. The highest BCUT2D eigenvalue weighted by Crippen LogP contribution is 2.60. The number of sulfone groups is 1. The van der Waals surface area contributed by atoms with Gasteiger partial charge in [0.05, 0.1) is 11.5 Å². The molecule has 0 amide bonds. The highest BCUT2D eigenvalue weighted by molar-refractivity contribution is 7.92. The molecule has 152 valence electrons. The molecule has 0 fully saturated rings. The van der Waals surface area contributed by atoms with Crippen molar-refractivity contribution in [2.75, 3.05) is 11.5 Å². The number of unbranched alkanes of at least 4 members (excludes halogenated alkanes) is 9. The van der Waals surface area contributed by atoms with Gasteiger partial charge in [0.15, 0.2) is 15.2 Å². The minimum absolute atomic E-state index is 0.319. The van der Waals surface area contributed by atoms with E-state index in [4.69, 9.17) is 19.6 Å². The van der Waals surface area contributed by atoms with E-state index in [9.17, 15) is 17.5 Å². The molecule has 0 aliphatic heterocycles. The summed E-state index contributed by atoms with van der Waals surface area (Å²) in [5.41, 5.74) is 0. The molecule has 0 unspecified atom stereocenters. The first-order chi connectivity index (χ1) is 11.4. The van der Waals surface area contributed by atoms with E-state index < -0.39 is 36.2 Å². The standard InChI is InChI=1S/C14H32O8P2S/c1-2-3-4-5-6-7-8-9-10-11-12-25(21,22)13-14(23(15,16)17)24(18,19)20/h14H,2-13H2,1H3,(H2,15,16,17)(H2,18,19,20). The first-order valence-electron chi connectivity index (χ1n) is 8.71. The summed E-state index contributed by atoms with van der Waals surface area (Å²) in [6, 6.07) is 0. The average Bonchev–Trinajstić information content (AvgIpc) is 2.44. The van der Waals surface area contributed by atoms with Crippen molar-refractivity contribution < 1.29 is 37.1 Å². The normalized spacial score (nSPS) is 13.5. The van der Waals surface area contributed by atoms with Crippen LogP contribution in [0.15, 0.2) is 0 Å². The van der Waals surface area contributed by atoms with E-state index in [1.807, 2.05) is 0 Å². The molecule has 25 heavy (non-hydrogen) atoms. The minimum atomic E-state index is -5.20. The lowest BCUT2D eigenvalue weighted by atomic mass is 10.1. The molecule has 0 atom stereocenters. The lowest BCUT2D eigenvalue weighted by Gasteiger charge is -2.19. The quantitative estimate of drug-likeness (QED) is 0.232. The third kappa shape index (κ3) is 13.1. The zero-order chi connectivity index (χ0) is 19.6. The maximum absolute atomic E-state index is 11.9. The lowest BCUT2D eigenvalue weighted by molar-refractivity contribution is 0.342. The van der Waals surface area contributed by atoms with Gasteiger partial charge in [0, 0.05) is 0 Å². The van der Waals surface area contributed by atoms with Crippen LogP contribution in [0.3, 0.4) is 0 Å². The van der Waals surface area contributed by atoms with Gasteiger partial charge in [-0.05, 0) is 6.42 Å². The van der Waals surface area contributed by atoms with Gasteiger partial charge in [-0.25, -0.2) is 8.42 Å². The third-order valence-corrected chi connectivity index (χ3v) is 9.96. The molecule has 0 aromatic heterocycles. The van der Waals surface area contributed by atoms with Gasteiger partial charge in [-0.2, -0.15) is 0 Å². The van der Waals surface area contributed by atoms with E-state index in [1.165, 1.54) is 32.1 Å². The van der Waals surface area contributed by atoms with Gasteiger partial charge in [0.2, 0.25) is 0 Å². The second-order valence-corrected chi connectivity index (χ2v) is 12.7. The van der Waals surface area contributed by atoms with Crippen molar-refractivity contribution in [3.8, 4) is 0 Å². The molecule has 8 nitrogen and oxygen atoms in total. The van der Waals surface area contributed by atoms with E-state index in [0.29, 0.717) is 12.8 Å². The van der Waals surface area contributed by atoms with Crippen LogP contribution < -0.4 is 0 Å². The summed E-state index contributed by atoms with van der Waals surface area (Å²) in [5.74, 6) is -1.51. The molecule has 0 heterocycles. The van der Waals surface area contributed by atoms with Gasteiger partial charge in [-0.1, -0.05) is 64.7 Å². The molecular formula is C14H32O8P2S. The highest BCUT2D eigenvalue weighted by Gasteiger charge is 2.45. The summed E-state index contributed by atoms with van der Waals surface area (Å²) in [7, 11) is -14.3. The Hall–Kier alpha value is 0.250. The molecule has 0 bridgehead atoms. The largest absolute Gasteiger partial charge is 0.341 e. The molecule has 0 spiro atoms. The molecule has 0 rings (SSSR count). The molecule has 0 aromatic rings. The molecule has 0 radical (unpaired) electrons. The van der Waals surface area contributed by atoms with Crippen molar-refractivity contribution in [1.82, 2.24) is 0 Å². The average molecular weight is 422 g/mol. The Balaban J connectivity index is 4.09. The fraction of sp³-hybridized carbons (Fsp3) is 1.00. The summed E-state index contributed by atoms with van der Waals surface area (Å²) in [6.07, 6.45) is 10.1. The van der Waals surface area contributed by atoms with Crippen molar-refractivity contribution in [3.63, 3.8) is 0 Å². The maximum atomic E-state index is 11.9. The predicted molar refractivity (Wildman–Crippen MR) is 98.4 cm³/mol. The van der Waals surface area contributed by atoms with E-state index in [0.717, 1.165) is 19.3 Å². The molecule has 0 aliphatic rings. The van der Waals surface area contributed by atoms with Crippen molar-refractivity contribution in [3.05, 3.63) is 0 Å². The summed E-state index contributed by atoms with van der Waals surface area (Å²) < 4.78 is 46.0. The summed E-state index contributed by atoms with van der Waals surface area (Å²) in [5, 5.41) is -2.48. The van der Waals surface area contributed by atoms with Crippen LogP contribution in [-0.4, -0.2) is 44.9 Å². The Labute approximate surface area is 150 Å². The van der Waals surface area contributed by atoms with Crippen molar-refractivity contribution in [1.29, 1.82) is 0 Å². The van der Waals surface area contributed by atoms with Gasteiger partial charge < -0.3 is 19.6 Å². The molecule has 0 saturated heterocycles. The zero-order valence-corrected chi connectivity index (χ0v) is 17.4. The number of hydrogen-bond donors (Lipinski definition) is 4. The maximum Gasteiger partial charge on any atom is 0.341 e. The highest BCUT2D eigenvalue weighted by atomic mass is 32.2. The van der Waals surface area contributed by atoms with Crippen LogP contribution in [0.5, 0.6) is 0 Å². The fourth-order valence-electron chi connectivity index (χ4n) is 2.51. The van der Waals surface area contributed by atoms with Crippen molar-refractivity contribution >= 4 is 25.0 Å². The molecule has 0 aliphatic carbocycles. The van der Waals surface area contributed by atoms with Crippen LogP contribution in [-0.2, 0) is 19.0 Å². The van der Waals surface area contributed by atoms with Crippen LogP contribution in [0, 0.1) is 0 Å². The Bertz CT molecular complexity index is 529. The first-order valence-corrected chi connectivity index (χ1v) is 13.9. The van der Waals surface area contributed by atoms with Crippen molar-refractivity contribution in [2.45, 2.75) is 76.5 Å². The van der Waals surface area contributed by atoms with Gasteiger partial charge >= 0.3 is 15.2 Å². The van der Waals surface area contributed by atoms with Gasteiger partial charge in [0.1, 0.15) is 0 Å².